The Kier molecular flexibility index (Phi) is 5.95. The van der Waals surface area contributed by atoms with Gasteiger partial charge in [0.15, 0.2) is 0 Å². The highest BCUT2D eigenvalue weighted by Gasteiger charge is 2.20. The van der Waals surface area contributed by atoms with Crippen LogP contribution in [0.3, 0.4) is 0 Å². The van der Waals surface area contributed by atoms with Crippen LogP contribution in [-0.2, 0) is 10.0 Å². The number of H-pyrrole nitrogens is 1. The minimum Gasteiger partial charge on any atom is -0.307 e. The second-order valence-corrected chi connectivity index (χ2v) is 10.9. The van der Waals surface area contributed by atoms with E-state index in [2.05, 4.69) is 26.2 Å². The van der Waals surface area contributed by atoms with Crippen LogP contribution in [-0.4, -0.2) is 24.0 Å². The molecule has 2 aromatic heterocycles. The summed E-state index contributed by atoms with van der Waals surface area (Å²) in [5, 5.41) is 2.72. The van der Waals surface area contributed by atoms with Crippen LogP contribution >= 0.6 is 38.9 Å². The number of hydrogen-bond donors (Lipinski definition) is 3. The van der Waals surface area contributed by atoms with Crippen LogP contribution in [0.25, 0.3) is 16.6 Å². The molecule has 2 heterocycles. The molecule has 4 rings (SSSR count). The van der Waals surface area contributed by atoms with Gasteiger partial charge in [-0.3, -0.25) is 4.79 Å². The van der Waals surface area contributed by atoms with Crippen molar-refractivity contribution in [2.24, 2.45) is 0 Å². The molecule has 164 valence electrons. The normalized spacial score (nSPS) is 11.4. The zero-order valence-corrected chi connectivity index (χ0v) is 19.7. The van der Waals surface area contributed by atoms with Crippen LogP contribution in [0.4, 0.5) is 10.5 Å². The minimum absolute atomic E-state index is 0.107. The van der Waals surface area contributed by atoms with Gasteiger partial charge in [0, 0.05) is 10.2 Å². The van der Waals surface area contributed by atoms with Crippen LogP contribution in [0.15, 0.2) is 72.9 Å². The van der Waals surface area contributed by atoms with Crippen molar-refractivity contribution in [2.75, 3.05) is 5.32 Å². The van der Waals surface area contributed by atoms with Gasteiger partial charge in [-0.25, -0.2) is 27.3 Å². The molecular formula is C19H12BrClN4O5S2. The third-order valence-corrected chi connectivity index (χ3v) is 7.98. The van der Waals surface area contributed by atoms with Gasteiger partial charge in [0.25, 0.3) is 15.6 Å². The van der Waals surface area contributed by atoms with Crippen molar-refractivity contribution in [3.05, 3.63) is 84.2 Å². The maximum atomic E-state index is 12.8. The molecule has 0 fully saturated rings. The van der Waals surface area contributed by atoms with E-state index in [0.29, 0.717) is 15.4 Å². The molecule has 2 amide bonds. The van der Waals surface area contributed by atoms with Gasteiger partial charge in [0.1, 0.15) is 4.21 Å². The fourth-order valence-corrected chi connectivity index (χ4v) is 5.86. The number of urea groups is 1. The van der Waals surface area contributed by atoms with E-state index in [1.165, 1.54) is 30.3 Å². The second-order valence-electron chi connectivity index (χ2n) is 6.40. The largest absolute Gasteiger partial charge is 0.333 e. The number of carbonyl (C=O) groups is 1. The molecule has 0 aliphatic carbocycles. The highest BCUT2D eigenvalue weighted by Crippen LogP contribution is 2.26. The van der Waals surface area contributed by atoms with Crippen molar-refractivity contribution in [3.8, 4) is 5.69 Å². The van der Waals surface area contributed by atoms with Gasteiger partial charge < -0.3 is 10.3 Å². The summed E-state index contributed by atoms with van der Waals surface area (Å²) in [5.74, 6) is 0. The fourth-order valence-electron chi connectivity index (χ4n) is 2.92. The summed E-state index contributed by atoms with van der Waals surface area (Å²) >= 11 is 9.84. The van der Waals surface area contributed by atoms with Crippen LogP contribution in [0, 0.1) is 0 Å². The lowest BCUT2D eigenvalue weighted by atomic mass is 10.2. The first-order valence-corrected chi connectivity index (χ1v) is 12.3. The smallest absolute Gasteiger partial charge is 0.307 e. The number of amides is 2. The lowest BCUT2D eigenvalue weighted by Crippen LogP contribution is -2.34. The van der Waals surface area contributed by atoms with Crippen LogP contribution in [0.1, 0.15) is 0 Å². The molecule has 0 saturated carbocycles. The first kappa shape index (κ1) is 22.3. The highest BCUT2D eigenvalue weighted by molar-refractivity contribution is 9.10. The third-order valence-electron chi connectivity index (χ3n) is 4.29. The number of anilines is 1. The number of carbonyl (C=O) groups excluding carboxylic acids is 1. The highest BCUT2D eigenvalue weighted by atomic mass is 79.9. The van der Waals surface area contributed by atoms with E-state index in [1.807, 2.05) is 4.72 Å². The number of nitrogens with one attached hydrogen (secondary N) is 3. The molecule has 0 aliphatic rings. The van der Waals surface area contributed by atoms with Crippen molar-refractivity contribution < 1.29 is 13.2 Å². The Balaban J connectivity index is 1.61. The standard InChI is InChI=1S/C19H12BrClN4O5S2/c20-12-9-10(22-18(27)24-32(29,30)16-8-7-15(21)31-16)5-6-14(12)25-17(26)11-3-1-2-4-13(11)23-19(25)28/h1-9H,(H,23,28)(H2,22,24,27). The Morgan fingerprint density at radius 3 is 2.53 bits per heavy atom. The van der Waals surface area contributed by atoms with Gasteiger partial charge >= 0.3 is 11.7 Å². The Hall–Kier alpha value is -2.93. The molecule has 9 nitrogen and oxygen atoms in total. The SMILES string of the molecule is O=C(Nc1ccc(-n2c(=O)[nH]c3ccccc3c2=O)c(Br)c1)NS(=O)(=O)c1ccc(Cl)s1. The third kappa shape index (κ3) is 4.35. The van der Waals surface area contributed by atoms with Crippen molar-refractivity contribution >= 4 is 71.5 Å². The van der Waals surface area contributed by atoms with E-state index in [1.54, 1.807) is 24.3 Å². The zero-order valence-electron chi connectivity index (χ0n) is 15.8. The van der Waals surface area contributed by atoms with Crippen molar-refractivity contribution in [3.63, 3.8) is 0 Å². The van der Waals surface area contributed by atoms with Crippen LogP contribution in [0.2, 0.25) is 4.34 Å². The predicted molar refractivity (Wildman–Crippen MR) is 127 cm³/mol. The van der Waals surface area contributed by atoms with Gasteiger partial charge in [-0.2, -0.15) is 0 Å². The summed E-state index contributed by atoms with van der Waals surface area (Å²) in [6.07, 6.45) is 0. The minimum atomic E-state index is -4.08. The molecule has 32 heavy (non-hydrogen) atoms. The average Bonchev–Trinajstić information content (AvgIpc) is 3.16. The first-order valence-electron chi connectivity index (χ1n) is 8.79. The lowest BCUT2D eigenvalue weighted by molar-refractivity contribution is 0.256. The van der Waals surface area contributed by atoms with E-state index in [9.17, 15) is 22.8 Å². The fraction of sp³-hybridized carbons (Fsp3) is 0. The molecule has 4 aromatic rings. The average molecular weight is 556 g/mol. The Morgan fingerprint density at radius 2 is 1.84 bits per heavy atom. The molecule has 3 N–H and O–H groups in total. The van der Waals surface area contributed by atoms with E-state index < -0.39 is 27.3 Å². The van der Waals surface area contributed by atoms with E-state index >= 15 is 0 Å². The summed E-state index contributed by atoms with van der Waals surface area (Å²) in [5.41, 5.74) is -0.257. The Morgan fingerprint density at radius 1 is 1.09 bits per heavy atom. The number of halogens is 2. The number of thiophene rings is 1. The molecule has 0 spiro atoms. The van der Waals surface area contributed by atoms with Crippen LogP contribution in [0.5, 0.6) is 0 Å². The Labute approximate surface area is 197 Å². The van der Waals surface area contributed by atoms with Crippen molar-refractivity contribution in [1.29, 1.82) is 0 Å². The monoisotopic (exact) mass is 554 g/mol. The summed E-state index contributed by atoms with van der Waals surface area (Å²) in [4.78, 5) is 40.1. The van der Waals surface area contributed by atoms with Gasteiger partial charge in [0.2, 0.25) is 0 Å². The van der Waals surface area contributed by atoms with Gasteiger partial charge in [-0.1, -0.05) is 23.7 Å². The molecule has 0 bridgehead atoms. The summed E-state index contributed by atoms with van der Waals surface area (Å²) < 4.78 is 27.8. The number of rotatable bonds is 4. The molecule has 0 atom stereocenters. The molecule has 2 aromatic carbocycles. The topological polar surface area (TPSA) is 130 Å². The van der Waals surface area contributed by atoms with Gasteiger partial charge in [-0.15, -0.1) is 11.3 Å². The maximum Gasteiger partial charge on any atom is 0.333 e. The Bertz CT molecular complexity index is 1590. The van der Waals surface area contributed by atoms with Crippen molar-refractivity contribution in [2.45, 2.75) is 4.21 Å². The zero-order chi connectivity index (χ0) is 23.0. The summed E-state index contributed by atoms with van der Waals surface area (Å²) in [7, 11) is -4.08. The predicted octanol–water partition coefficient (Wildman–Crippen LogP) is 3.67. The number of hydrogen-bond acceptors (Lipinski definition) is 6. The van der Waals surface area contributed by atoms with Crippen LogP contribution < -0.4 is 21.3 Å². The molecule has 0 unspecified atom stereocenters. The number of sulfonamides is 1. The molecule has 0 saturated heterocycles. The van der Waals surface area contributed by atoms with E-state index in [4.69, 9.17) is 11.6 Å². The van der Waals surface area contributed by atoms with Gasteiger partial charge in [0.05, 0.1) is 20.9 Å². The number of benzene rings is 2. The number of aromatic nitrogens is 2. The van der Waals surface area contributed by atoms with Crippen molar-refractivity contribution in [1.82, 2.24) is 14.3 Å². The first-order chi connectivity index (χ1) is 15.2. The van der Waals surface area contributed by atoms with E-state index in [-0.39, 0.29) is 19.9 Å². The number of nitrogens with zero attached hydrogens (tertiary/aromatic N) is 1. The molecular weight excluding hydrogens is 544 g/mol. The number of para-hydroxylation sites is 1. The maximum absolute atomic E-state index is 12.8. The molecule has 0 aliphatic heterocycles. The summed E-state index contributed by atoms with van der Waals surface area (Å²) in [6.45, 7) is 0. The van der Waals surface area contributed by atoms with E-state index in [0.717, 1.165) is 15.9 Å². The number of fused-ring (bicyclic) bond motifs is 1. The molecule has 13 heteroatoms. The molecule has 0 radical (unpaired) electrons. The summed E-state index contributed by atoms with van der Waals surface area (Å²) in [6, 6.07) is 12.6. The lowest BCUT2D eigenvalue weighted by Gasteiger charge is -2.11. The quantitative estimate of drug-likeness (QED) is 0.354. The second kappa shape index (κ2) is 8.54. The van der Waals surface area contributed by atoms with Gasteiger partial charge in [-0.05, 0) is 58.4 Å². The number of aromatic amines is 1.